The molecule has 1 amide bonds. The normalized spacial score (nSPS) is 12.3. The Balaban J connectivity index is 1.65. The number of benzene rings is 3. The Kier molecular flexibility index (Phi) is 4.47. The van der Waals surface area contributed by atoms with Crippen LogP contribution in [-0.4, -0.2) is 26.2 Å². The van der Waals surface area contributed by atoms with Crippen LogP contribution < -0.4 is 5.32 Å². The third-order valence-corrected chi connectivity index (χ3v) is 5.46. The number of aromatic nitrogens is 3. The van der Waals surface area contributed by atoms with E-state index in [0.29, 0.717) is 16.9 Å². The molecule has 0 spiro atoms. The van der Waals surface area contributed by atoms with Crippen molar-refractivity contribution < 1.29 is 9.59 Å². The lowest BCUT2D eigenvalue weighted by Gasteiger charge is -2.15. The Bertz CT molecular complexity index is 1470. The largest absolute Gasteiger partial charge is 0.326 e. The molecular formula is C25H20N4O2. The van der Waals surface area contributed by atoms with Gasteiger partial charge >= 0.3 is 0 Å². The highest BCUT2D eigenvalue weighted by Gasteiger charge is 2.23. The Hall–Kier alpha value is -4.06. The summed E-state index contributed by atoms with van der Waals surface area (Å²) in [7, 11) is 0. The van der Waals surface area contributed by atoms with Crippen molar-refractivity contribution in [2.75, 3.05) is 5.32 Å². The highest BCUT2D eigenvalue weighted by molar-refractivity contribution is 6.09. The maximum atomic E-state index is 13.4. The number of hydrogen-bond acceptors (Lipinski definition) is 4. The molecule has 0 fully saturated rings. The monoisotopic (exact) mass is 408 g/mol. The Morgan fingerprint density at radius 1 is 0.871 bits per heavy atom. The van der Waals surface area contributed by atoms with Crippen molar-refractivity contribution in [1.82, 2.24) is 14.5 Å². The number of rotatable bonds is 4. The van der Waals surface area contributed by atoms with E-state index in [9.17, 15) is 9.59 Å². The van der Waals surface area contributed by atoms with Crippen LogP contribution in [-0.2, 0) is 4.79 Å². The molecule has 0 aliphatic carbocycles. The van der Waals surface area contributed by atoms with Gasteiger partial charge in [0, 0.05) is 23.6 Å². The minimum absolute atomic E-state index is 0.0352. The Morgan fingerprint density at radius 2 is 1.52 bits per heavy atom. The van der Waals surface area contributed by atoms with Gasteiger partial charge in [-0.2, -0.15) is 0 Å². The van der Waals surface area contributed by atoms with Crippen LogP contribution in [0, 0.1) is 0 Å². The maximum absolute atomic E-state index is 13.4. The number of carbonyl (C=O) groups excluding carboxylic acids is 2. The summed E-state index contributed by atoms with van der Waals surface area (Å²) in [6, 6.07) is 22.1. The molecule has 0 saturated carbocycles. The standard InChI is InChI=1S/C25H20N4O2/c1-15(24(31)17-11-13-18(14-12-17)26-16(2)30)29-22-10-6-3-7-19(22)23-25(29)28-21-9-5-4-8-20(21)27-23/h3-15H,1-2H3,(H,26,30). The molecule has 5 rings (SSSR count). The zero-order chi connectivity index (χ0) is 21.5. The van der Waals surface area contributed by atoms with Crippen molar-refractivity contribution in [3.05, 3.63) is 78.4 Å². The summed E-state index contributed by atoms with van der Waals surface area (Å²) >= 11 is 0. The third-order valence-electron chi connectivity index (χ3n) is 5.46. The summed E-state index contributed by atoms with van der Waals surface area (Å²) in [4.78, 5) is 34.3. The molecule has 2 aromatic heterocycles. The van der Waals surface area contributed by atoms with Crippen LogP contribution in [0.25, 0.3) is 33.1 Å². The molecule has 31 heavy (non-hydrogen) atoms. The quantitative estimate of drug-likeness (QED) is 0.418. The van der Waals surface area contributed by atoms with Crippen molar-refractivity contribution >= 4 is 50.5 Å². The van der Waals surface area contributed by atoms with Crippen LogP contribution in [0.5, 0.6) is 0 Å². The van der Waals surface area contributed by atoms with Gasteiger partial charge in [0.15, 0.2) is 11.4 Å². The van der Waals surface area contributed by atoms with Crippen molar-refractivity contribution in [3.63, 3.8) is 0 Å². The summed E-state index contributed by atoms with van der Waals surface area (Å²) in [6.07, 6.45) is 0. The van der Waals surface area contributed by atoms with Gasteiger partial charge in [0.25, 0.3) is 0 Å². The SMILES string of the molecule is CC(=O)Nc1ccc(C(=O)C(C)n2c3ccccc3c3nc4ccccc4nc32)cc1. The summed E-state index contributed by atoms with van der Waals surface area (Å²) in [5.74, 6) is -0.185. The maximum Gasteiger partial charge on any atom is 0.221 e. The molecule has 152 valence electrons. The number of fused-ring (bicyclic) bond motifs is 4. The molecule has 2 heterocycles. The second kappa shape index (κ2) is 7.32. The van der Waals surface area contributed by atoms with E-state index >= 15 is 0 Å². The molecule has 0 bridgehead atoms. The number of amides is 1. The summed E-state index contributed by atoms with van der Waals surface area (Å²) in [5.41, 5.74) is 5.24. The fraction of sp³-hybridized carbons (Fsp3) is 0.120. The Labute approximate surface area is 178 Å². The van der Waals surface area contributed by atoms with Crippen LogP contribution in [0.3, 0.4) is 0 Å². The zero-order valence-corrected chi connectivity index (χ0v) is 17.2. The van der Waals surface area contributed by atoms with Gasteiger partial charge < -0.3 is 9.88 Å². The molecule has 1 atom stereocenters. The van der Waals surface area contributed by atoms with Gasteiger partial charge in [0.2, 0.25) is 5.91 Å². The zero-order valence-electron chi connectivity index (χ0n) is 17.2. The lowest BCUT2D eigenvalue weighted by molar-refractivity contribution is -0.114. The van der Waals surface area contributed by atoms with E-state index in [0.717, 1.165) is 27.5 Å². The highest BCUT2D eigenvalue weighted by Crippen LogP contribution is 2.32. The van der Waals surface area contributed by atoms with E-state index < -0.39 is 6.04 Å². The minimum atomic E-state index is -0.482. The number of nitrogens with one attached hydrogen (secondary N) is 1. The fourth-order valence-electron chi connectivity index (χ4n) is 4.01. The number of nitrogens with zero attached hydrogens (tertiary/aromatic N) is 3. The van der Waals surface area contributed by atoms with Gasteiger partial charge in [-0.05, 0) is 49.4 Å². The van der Waals surface area contributed by atoms with Gasteiger partial charge in [0.05, 0.1) is 22.6 Å². The number of carbonyl (C=O) groups is 2. The summed E-state index contributed by atoms with van der Waals surface area (Å²) in [6.45, 7) is 3.33. The number of ketones is 1. The number of hydrogen-bond donors (Lipinski definition) is 1. The topological polar surface area (TPSA) is 76.9 Å². The van der Waals surface area contributed by atoms with Gasteiger partial charge in [-0.15, -0.1) is 0 Å². The Morgan fingerprint density at radius 3 is 2.23 bits per heavy atom. The van der Waals surface area contributed by atoms with E-state index in [-0.39, 0.29) is 11.7 Å². The molecule has 1 N–H and O–H groups in total. The van der Waals surface area contributed by atoms with Crippen molar-refractivity contribution in [2.45, 2.75) is 19.9 Å². The van der Waals surface area contributed by atoms with Gasteiger partial charge in [-0.25, -0.2) is 9.97 Å². The lowest BCUT2D eigenvalue weighted by atomic mass is 10.0. The molecule has 0 saturated heterocycles. The molecular weight excluding hydrogens is 388 g/mol. The third kappa shape index (κ3) is 3.22. The highest BCUT2D eigenvalue weighted by atomic mass is 16.1. The van der Waals surface area contributed by atoms with Gasteiger partial charge in [-0.1, -0.05) is 30.3 Å². The van der Waals surface area contributed by atoms with Crippen LogP contribution in [0.1, 0.15) is 30.2 Å². The first kappa shape index (κ1) is 18.9. The first-order valence-electron chi connectivity index (χ1n) is 10.1. The molecule has 6 nitrogen and oxygen atoms in total. The molecule has 1 unspecified atom stereocenters. The number of Topliss-reactive ketones (excluding diaryl/α,β-unsaturated/α-hetero) is 1. The van der Waals surface area contributed by atoms with Gasteiger partial charge in [0.1, 0.15) is 5.52 Å². The van der Waals surface area contributed by atoms with E-state index in [4.69, 9.17) is 9.97 Å². The molecule has 3 aromatic carbocycles. The first-order valence-corrected chi connectivity index (χ1v) is 10.1. The lowest BCUT2D eigenvalue weighted by Crippen LogP contribution is -2.17. The summed E-state index contributed by atoms with van der Waals surface area (Å²) < 4.78 is 1.97. The van der Waals surface area contributed by atoms with Crippen LogP contribution in [0.2, 0.25) is 0 Å². The van der Waals surface area contributed by atoms with Crippen molar-refractivity contribution in [2.24, 2.45) is 0 Å². The molecule has 5 aromatic rings. The molecule has 6 heteroatoms. The first-order chi connectivity index (χ1) is 15.0. The number of para-hydroxylation sites is 3. The fourth-order valence-corrected chi connectivity index (χ4v) is 4.01. The van der Waals surface area contributed by atoms with E-state index in [1.54, 1.807) is 24.3 Å². The van der Waals surface area contributed by atoms with Crippen LogP contribution in [0.15, 0.2) is 72.8 Å². The molecule has 0 radical (unpaired) electrons. The average molecular weight is 408 g/mol. The number of anilines is 1. The summed E-state index contributed by atoms with van der Waals surface area (Å²) in [5, 5.41) is 3.69. The van der Waals surface area contributed by atoms with E-state index in [2.05, 4.69) is 5.32 Å². The second-order valence-corrected chi connectivity index (χ2v) is 7.57. The predicted octanol–water partition coefficient (Wildman–Crippen LogP) is 5.14. The smallest absolute Gasteiger partial charge is 0.221 e. The predicted molar refractivity (Wildman–Crippen MR) is 122 cm³/mol. The molecule has 0 aliphatic rings. The second-order valence-electron chi connectivity index (χ2n) is 7.57. The van der Waals surface area contributed by atoms with Crippen LogP contribution in [0.4, 0.5) is 5.69 Å². The van der Waals surface area contributed by atoms with Crippen molar-refractivity contribution in [1.29, 1.82) is 0 Å². The minimum Gasteiger partial charge on any atom is -0.326 e. The van der Waals surface area contributed by atoms with Gasteiger partial charge in [-0.3, -0.25) is 9.59 Å². The molecule has 0 aliphatic heterocycles. The van der Waals surface area contributed by atoms with Crippen molar-refractivity contribution in [3.8, 4) is 0 Å². The van der Waals surface area contributed by atoms with E-state index in [1.165, 1.54) is 6.92 Å². The van der Waals surface area contributed by atoms with E-state index in [1.807, 2.05) is 60.0 Å². The average Bonchev–Trinajstić information content (AvgIpc) is 3.10. The van der Waals surface area contributed by atoms with Crippen LogP contribution >= 0.6 is 0 Å².